The van der Waals surface area contributed by atoms with E-state index < -0.39 is 0 Å². The van der Waals surface area contributed by atoms with E-state index in [1.165, 1.54) is 81.4 Å². The van der Waals surface area contributed by atoms with Crippen molar-refractivity contribution in [2.45, 2.75) is 41.5 Å². The molecule has 0 fully saturated rings. The summed E-state index contributed by atoms with van der Waals surface area (Å²) in [5, 5.41) is 5.14. The molecule has 0 radical (unpaired) electrons. The molecule has 240 valence electrons. The van der Waals surface area contributed by atoms with Crippen LogP contribution < -0.4 is 9.80 Å². The van der Waals surface area contributed by atoms with Gasteiger partial charge in [-0.2, -0.15) is 0 Å². The van der Waals surface area contributed by atoms with Crippen LogP contribution in [0.3, 0.4) is 0 Å². The van der Waals surface area contributed by atoms with Crippen molar-refractivity contribution in [3.8, 4) is 0 Å². The molecule has 1 aromatic heterocycles. The number of anilines is 6. The highest BCUT2D eigenvalue weighted by Crippen LogP contribution is 2.48. The molecule has 0 bridgehead atoms. The normalized spacial score (nSPS) is 11.5. The fraction of sp³-hybridized carbons (Fsp3) is 0.130. The molecule has 0 N–H and O–H groups in total. The molecule has 0 saturated carbocycles. The summed E-state index contributed by atoms with van der Waals surface area (Å²) in [4.78, 5) is 4.84. The lowest BCUT2D eigenvalue weighted by molar-refractivity contribution is 1.25. The maximum atomic E-state index is 2.44. The largest absolute Gasteiger partial charge is 0.310 e. The van der Waals surface area contributed by atoms with E-state index in [-0.39, 0.29) is 0 Å². The summed E-state index contributed by atoms with van der Waals surface area (Å²) in [6.45, 7) is 13.0. The van der Waals surface area contributed by atoms with Crippen molar-refractivity contribution in [3.05, 3.63) is 167 Å². The molecular weight excluding hydrogens is 613 g/mol. The van der Waals surface area contributed by atoms with Crippen molar-refractivity contribution < 1.29 is 0 Å². The number of hydrogen-bond acceptors (Lipinski definition) is 3. The minimum atomic E-state index is 1.16. The molecule has 0 saturated heterocycles. The van der Waals surface area contributed by atoms with Crippen molar-refractivity contribution in [2.75, 3.05) is 9.80 Å². The minimum Gasteiger partial charge on any atom is -0.310 e. The van der Waals surface area contributed by atoms with Crippen LogP contribution in [-0.2, 0) is 0 Å². The summed E-state index contributed by atoms with van der Waals surface area (Å²) < 4.78 is 2.57. The molecule has 8 aromatic rings. The molecule has 0 aliphatic heterocycles. The lowest BCUT2D eigenvalue weighted by Crippen LogP contribution is -2.11. The molecule has 0 aliphatic carbocycles. The zero-order chi connectivity index (χ0) is 33.8. The molecule has 1 heterocycles. The van der Waals surface area contributed by atoms with Gasteiger partial charge in [-0.3, -0.25) is 0 Å². The topological polar surface area (TPSA) is 6.48 Å². The second-order valence-electron chi connectivity index (χ2n) is 13.6. The smallest absolute Gasteiger partial charge is 0.0554 e. The molecule has 0 spiro atoms. The Morgan fingerprint density at radius 1 is 0.347 bits per heavy atom. The number of fused-ring (bicyclic) bond motifs is 5. The third kappa shape index (κ3) is 5.75. The van der Waals surface area contributed by atoms with Gasteiger partial charge in [0.15, 0.2) is 0 Å². The highest BCUT2D eigenvalue weighted by molar-refractivity contribution is 7.26. The van der Waals surface area contributed by atoms with E-state index in [1.807, 2.05) is 11.3 Å². The first-order chi connectivity index (χ1) is 23.7. The van der Waals surface area contributed by atoms with Crippen molar-refractivity contribution in [3.63, 3.8) is 0 Å². The first-order valence-corrected chi connectivity index (χ1v) is 17.8. The second kappa shape index (κ2) is 12.3. The molecule has 8 rings (SSSR count). The number of hydrogen-bond donors (Lipinski definition) is 0. The van der Waals surface area contributed by atoms with Gasteiger partial charge in [0.1, 0.15) is 0 Å². The van der Waals surface area contributed by atoms with Crippen LogP contribution in [0.15, 0.2) is 133 Å². The van der Waals surface area contributed by atoms with Crippen LogP contribution in [-0.4, -0.2) is 0 Å². The van der Waals surface area contributed by atoms with Crippen LogP contribution in [0.25, 0.3) is 30.9 Å². The Balaban J connectivity index is 1.36. The molecule has 49 heavy (non-hydrogen) atoms. The van der Waals surface area contributed by atoms with Gasteiger partial charge in [-0.05, 0) is 136 Å². The lowest BCUT2D eigenvalue weighted by atomic mass is 10.00. The van der Waals surface area contributed by atoms with Gasteiger partial charge < -0.3 is 9.80 Å². The van der Waals surface area contributed by atoms with E-state index in [0.29, 0.717) is 0 Å². The molecule has 0 unspecified atom stereocenters. The Labute approximate surface area is 293 Å². The molecule has 0 amide bonds. The fourth-order valence-corrected chi connectivity index (χ4v) is 8.54. The maximum Gasteiger partial charge on any atom is 0.0554 e. The Hall–Kier alpha value is -5.38. The van der Waals surface area contributed by atoms with Crippen LogP contribution in [0.1, 0.15) is 33.4 Å². The Morgan fingerprint density at radius 2 is 0.837 bits per heavy atom. The van der Waals surface area contributed by atoms with Crippen LogP contribution in [0.5, 0.6) is 0 Å². The average Bonchev–Trinajstić information content (AvgIpc) is 3.44. The van der Waals surface area contributed by atoms with E-state index in [4.69, 9.17) is 0 Å². The molecule has 2 nitrogen and oxygen atoms in total. The third-order valence-corrected chi connectivity index (χ3v) is 10.6. The summed E-state index contributed by atoms with van der Waals surface area (Å²) >= 11 is 1.88. The third-order valence-electron chi connectivity index (χ3n) is 9.45. The Bertz CT molecular complexity index is 2460. The monoisotopic (exact) mass is 652 g/mol. The molecular formula is C46H40N2S. The highest BCUT2D eigenvalue weighted by atomic mass is 32.1. The standard InChI is InChI=1S/C46H40N2S/c1-29-11-15-35(16-12-29)47(38-23-31(3)21-32(4)24-38)37-19-20-42-44(27-37)49-45-28-43(40-9-7-8-10-41(40)46(42)45)48(36-17-13-30(2)14-18-36)39-25-33(5)22-34(6)26-39/h7-28H,1-6H3. The van der Waals surface area contributed by atoms with Crippen LogP contribution >= 0.6 is 11.3 Å². The predicted octanol–water partition coefficient (Wildman–Crippen LogP) is 14.0. The van der Waals surface area contributed by atoms with Crippen LogP contribution in [0.2, 0.25) is 0 Å². The maximum absolute atomic E-state index is 2.44. The summed E-state index contributed by atoms with van der Waals surface area (Å²) in [5.74, 6) is 0. The van der Waals surface area contributed by atoms with Gasteiger partial charge >= 0.3 is 0 Å². The lowest BCUT2D eigenvalue weighted by Gasteiger charge is -2.28. The van der Waals surface area contributed by atoms with Gasteiger partial charge in [0.05, 0.1) is 5.69 Å². The van der Waals surface area contributed by atoms with Gasteiger partial charge in [0, 0.05) is 54.0 Å². The minimum absolute atomic E-state index is 1.16. The summed E-state index contributed by atoms with van der Waals surface area (Å²) in [6, 6.07) is 49.8. The first kappa shape index (κ1) is 30.9. The summed E-state index contributed by atoms with van der Waals surface area (Å²) in [5.41, 5.74) is 14.6. The van der Waals surface area contributed by atoms with Gasteiger partial charge in [-0.25, -0.2) is 0 Å². The summed E-state index contributed by atoms with van der Waals surface area (Å²) in [6.07, 6.45) is 0. The Kier molecular flexibility index (Phi) is 7.73. The van der Waals surface area contributed by atoms with E-state index in [1.54, 1.807) is 0 Å². The molecule has 3 heteroatoms. The first-order valence-electron chi connectivity index (χ1n) is 17.0. The van der Waals surface area contributed by atoms with Crippen molar-refractivity contribution in [1.82, 2.24) is 0 Å². The molecule has 7 aromatic carbocycles. The number of nitrogens with zero attached hydrogens (tertiary/aromatic N) is 2. The fourth-order valence-electron chi connectivity index (χ4n) is 7.36. The van der Waals surface area contributed by atoms with Crippen molar-refractivity contribution in [2.24, 2.45) is 0 Å². The molecule has 0 atom stereocenters. The number of rotatable bonds is 6. The van der Waals surface area contributed by atoms with Gasteiger partial charge in [-0.1, -0.05) is 77.9 Å². The van der Waals surface area contributed by atoms with Crippen molar-refractivity contribution in [1.29, 1.82) is 0 Å². The molecule has 0 aliphatic rings. The highest BCUT2D eigenvalue weighted by Gasteiger charge is 2.21. The van der Waals surface area contributed by atoms with Gasteiger partial charge in [0.25, 0.3) is 0 Å². The van der Waals surface area contributed by atoms with Gasteiger partial charge in [0.2, 0.25) is 0 Å². The number of thiophene rings is 1. The quantitative estimate of drug-likeness (QED) is 0.176. The zero-order valence-corrected chi connectivity index (χ0v) is 29.8. The van der Waals surface area contributed by atoms with Gasteiger partial charge in [-0.15, -0.1) is 11.3 Å². The predicted molar refractivity (Wildman–Crippen MR) is 215 cm³/mol. The second-order valence-corrected chi connectivity index (χ2v) is 14.7. The number of aryl methyl sites for hydroxylation is 6. The van der Waals surface area contributed by atoms with Crippen LogP contribution in [0.4, 0.5) is 34.1 Å². The van der Waals surface area contributed by atoms with E-state index in [9.17, 15) is 0 Å². The summed E-state index contributed by atoms with van der Waals surface area (Å²) in [7, 11) is 0. The SMILES string of the molecule is Cc1ccc(N(c2cc(C)cc(C)c2)c2ccc3c(c2)sc2cc(N(c4ccc(C)cc4)c4cc(C)cc(C)c4)c4ccccc4c23)cc1. The van der Waals surface area contributed by atoms with Crippen LogP contribution in [0, 0.1) is 41.5 Å². The Morgan fingerprint density at radius 3 is 1.41 bits per heavy atom. The van der Waals surface area contributed by atoms with E-state index in [2.05, 4.69) is 185 Å². The van der Waals surface area contributed by atoms with E-state index >= 15 is 0 Å². The zero-order valence-electron chi connectivity index (χ0n) is 29.0. The van der Waals surface area contributed by atoms with Crippen molar-refractivity contribution >= 4 is 76.4 Å². The average molecular weight is 653 g/mol. The van der Waals surface area contributed by atoms with E-state index in [0.717, 1.165) is 17.1 Å². The number of benzene rings is 7.